The molecule has 122 valence electrons. The van der Waals surface area contributed by atoms with Gasteiger partial charge in [-0.15, -0.1) is 0 Å². The quantitative estimate of drug-likeness (QED) is 0.447. The van der Waals surface area contributed by atoms with Crippen LogP contribution in [0.15, 0.2) is 0 Å². The summed E-state index contributed by atoms with van der Waals surface area (Å²) in [5.74, 6) is 0.751. The smallest absolute Gasteiger partial charge is 0.0272 e. The van der Waals surface area contributed by atoms with Gasteiger partial charge in [-0.25, -0.2) is 0 Å². The van der Waals surface area contributed by atoms with Crippen LogP contribution in [-0.4, -0.2) is 0 Å². The summed E-state index contributed by atoms with van der Waals surface area (Å²) in [5, 5.41) is 0. The van der Waals surface area contributed by atoms with Gasteiger partial charge in [0.25, 0.3) is 0 Å². The minimum absolute atomic E-state index is 0.340. The van der Waals surface area contributed by atoms with E-state index in [4.69, 9.17) is 0 Å². The first-order valence-corrected chi connectivity index (χ1v) is 8.69. The summed E-state index contributed by atoms with van der Waals surface area (Å²) < 4.78 is 0. The zero-order chi connectivity index (χ0) is 16.4. The largest absolute Gasteiger partial charge is 0.0654 e. The lowest BCUT2D eigenvalue weighted by molar-refractivity contribution is -0.0719. The van der Waals surface area contributed by atoms with Crippen molar-refractivity contribution in [3.63, 3.8) is 0 Å². The maximum Gasteiger partial charge on any atom is -0.0272 e. The molecule has 0 heterocycles. The van der Waals surface area contributed by atoms with Gasteiger partial charge in [-0.1, -0.05) is 95.4 Å². The highest BCUT2D eigenvalue weighted by Gasteiger charge is 2.50. The second-order valence-electron chi connectivity index (χ2n) is 9.99. The minimum atomic E-state index is 0.340. The monoisotopic (exact) mass is 282 g/mol. The predicted octanol–water partition coefficient (Wildman–Crippen LogP) is 7.33. The zero-order valence-corrected chi connectivity index (χ0v) is 16.4. The maximum atomic E-state index is 2.50. The molecule has 0 aliphatic carbocycles. The fourth-order valence-electron chi connectivity index (χ4n) is 3.27. The molecule has 0 radical (unpaired) electrons. The lowest BCUT2D eigenvalue weighted by Gasteiger charge is -2.56. The van der Waals surface area contributed by atoms with Crippen LogP contribution < -0.4 is 0 Å². The Labute approximate surface area is 130 Å². The molecule has 0 unspecified atom stereocenters. The van der Waals surface area contributed by atoms with Crippen LogP contribution >= 0.6 is 0 Å². The third-order valence-corrected chi connectivity index (χ3v) is 6.70. The molecule has 0 N–H and O–H groups in total. The fourth-order valence-corrected chi connectivity index (χ4v) is 3.27. The van der Waals surface area contributed by atoms with Gasteiger partial charge in [0.15, 0.2) is 0 Å². The molecule has 0 aliphatic heterocycles. The predicted molar refractivity (Wildman–Crippen MR) is 94.1 cm³/mol. The number of unbranched alkanes of at least 4 members (excludes halogenated alkanes) is 2. The van der Waals surface area contributed by atoms with E-state index in [9.17, 15) is 0 Å². The maximum absolute atomic E-state index is 2.50. The topological polar surface area (TPSA) is 0 Å². The van der Waals surface area contributed by atoms with Crippen molar-refractivity contribution in [2.24, 2.45) is 27.6 Å². The van der Waals surface area contributed by atoms with Crippen molar-refractivity contribution in [2.45, 2.75) is 102 Å². The summed E-state index contributed by atoms with van der Waals surface area (Å²) in [6.07, 6.45) is 5.43. The average molecular weight is 283 g/mol. The summed E-state index contributed by atoms with van der Waals surface area (Å²) >= 11 is 0. The molecule has 0 atom stereocenters. The van der Waals surface area contributed by atoms with E-state index in [1.54, 1.807) is 0 Å². The number of rotatable bonds is 6. The van der Waals surface area contributed by atoms with Gasteiger partial charge in [0.05, 0.1) is 0 Å². The summed E-state index contributed by atoms with van der Waals surface area (Å²) in [6, 6.07) is 0. The normalized spacial score (nSPS) is 15.0. The Morgan fingerprint density at radius 2 is 0.950 bits per heavy atom. The highest BCUT2D eigenvalue weighted by Crippen LogP contribution is 2.57. The zero-order valence-electron chi connectivity index (χ0n) is 16.4. The van der Waals surface area contributed by atoms with E-state index in [-0.39, 0.29) is 0 Å². The Morgan fingerprint density at radius 3 is 1.20 bits per heavy atom. The molecule has 20 heavy (non-hydrogen) atoms. The molecule has 0 amide bonds. The molecule has 0 rings (SSSR count). The standard InChI is InChI=1S/C20H42/c1-12-13-14-15-16(19(8,9)17(2,3)4)20(10,11)18(5,6)7/h16H,12-15H2,1-11H3. The lowest BCUT2D eigenvalue weighted by atomic mass is 9.49. The summed E-state index contributed by atoms with van der Waals surface area (Å²) in [6.45, 7) is 26.8. The Kier molecular flexibility index (Phi) is 6.41. The van der Waals surface area contributed by atoms with Crippen LogP contribution in [0.1, 0.15) is 102 Å². The van der Waals surface area contributed by atoms with Gasteiger partial charge in [0, 0.05) is 0 Å². The van der Waals surface area contributed by atoms with Crippen LogP contribution in [0, 0.1) is 27.6 Å². The Hall–Kier alpha value is 0. The van der Waals surface area contributed by atoms with Crippen molar-refractivity contribution in [1.29, 1.82) is 0 Å². The van der Waals surface area contributed by atoms with Crippen LogP contribution in [-0.2, 0) is 0 Å². The third kappa shape index (κ3) is 4.25. The second-order valence-corrected chi connectivity index (χ2v) is 9.99. The van der Waals surface area contributed by atoms with Crippen LogP contribution in [0.4, 0.5) is 0 Å². The van der Waals surface area contributed by atoms with Crippen molar-refractivity contribution in [3.05, 3.63) is 0 Å². The first-order valence-electron chi connectivity index (χ1n) is 8.69. The Bertz CT molecular complexity index is 254. The molecule has 0 aromatic heterocycles. The van der Waals surface area contributed by atoms with Crippen molar-refractivity contribution >= 4 is 0 Å². The summed E-state index contributed by atoms with van der Waals surface area (Å²) in [7, 11) is 0. The molecule has 0 nitrogen and oxygen atoms in total. The van der Waals surface area contributed by atoms with E-state index in [0.29, 0.717) is 21.7 Å². The number of hydrogen-bond donors (Lipinski definition) is 0. The minimum Gasteiger partial charge on any atom is -0.0654 e. The molecule has 0 fully saturated rings. The van der Waals surface area contributed by atoms with E-state index >= 15 is 0 Å². The van der Waals surface area contributed by atoms with E-state index in [1.165, 1.54) is 25.7 Å². The Balaban J connectivity index is 5.51. The highest BCUT2D eigenvalue weighted by atomic mass is 14.5. The average Bonchev–Trinajstić information content (AvgIpc) is 2.20. The van der Waals surface area contributed by atoms with Crippen molar-refractivity contribution in [1.82, 2.24) is 0 Å². The lowest BCUT2D eigenvalue weighted by Crippen LogP contribution is -2.49. The first kappa shape index (κ1) is 20.0. The molecule has 0 heteroatoms. The molecule has 0 spiro atoms. The highest BCUT2D eigenvalue weighted by molar-refractivity contribution is 4.99. The van der Waals surface area contributed by atoms with Gasteiger partial charge in [-0.05, 0) is 34.0 Å². The van der Waals surface area contributed by atoms with E-state index < -0.39 is 0 Å². The van der Waals surface area contributed by atoms with Crippen LogP contribution in [0.5, 0.6) is 0 Å². The molecular weight excluding hydrogens is 240 g/mol. The van der Waals surface area contributed by atoms with Crippen molar-refractivity contribution in [3.8, 4) is 0 Å². The molecular formula is C20H42. The molecule has 0 saturated heterocycles. The summed E-state index contributed by atoms with van der Waals surface area (Å²) in [4.78, 5) is 0. The molecule has 0 aromatic carbocycles. The molecule has 0 aromatic rings. The Morgan fingerprint density at radius 1 is 0.600 bits per heavy atom. The molecule has 0 saturated carbocycles. The second kappa shape index (κ2) is 6.41. The SMILES string of the molecule is CCCCCC(C(C)(C)C(C)(C)C)C(C)(C)C(C)(C)C. The van der Waals surface area contributed by atoms with Crippen molar-refractivity contribution < 1.29 is 0 Å². The molecule has 0 bridgehead atoms. The van der Waals surface area contributed by atoms with E-state index in [0.717, 1.165) is 5.92 Å². The fraction of sp³-hybridized carbons (Fsp3) is 1.00. The van der Waals surface area contributed by atoms with Gasteiger partial charge in [-0.2, -0.15) is 0 Å². The van der Waals surface area contributed by atoms with Gasteiger partial charge < -0.3 is 0 Å². The van der Waals surface area contributed by atoms with Crippen LogP contribution in [0.25, 0.3) is 0 Å². The van der Waals surface area contributed by atoms with Gasteiger partial charge in [0.2, 0.25) is 0 Å². The van der Waals surface area contributed by atoms with Crippen molar-refractivity contribution in [2.75, 3.05) is 0 Å². The number of hydrogen-bond acceptors (Lipinski definition) is 0. The van der Waals surface area contributed by atoms with E-state index in [2.05, 4.69) is 76.2 Å². The van der Waals surface area contributed by atoms with Gasteiger partial charge in [-0.3, -0.25) is 0 Å². The van der Waals surface area contributed by atoms with E-state index in [1.807, 2.05) is 0 Å². The van der Waals surface area contributed by atoms with Crippen LogP contribution in [0.3, 0.4) is 0 Å². The van der Waals surface area contributed by atoms with Crippen LogP contribution in [0.2, 0.25) is 0 Å². The first-order chi connectivity index (χ1) is 8.69. The third-order valence-electron chi connectivity index (χ3n) is 6.70. The van der Waals surface area contributed by atoms with Gasteiger partial charge >= 0.3 is 0 Å². The summed E-state index contributed by atoms with van der Waals surface area (Å²) in [5.41, 5.74) is 1.37. The molecule has 0 aliphatic rings. The van der Waals surface area contributed by atoms with Gasteiger partial charge in [0.1, 0.15) is 0 Å².